The molecule has 482 valence electrons. The van der Waals surface area contributed by atoms with E-state index in [1.54, 1.807) is 21.3 Å². The number of hydrogen-bond donors (Lipinski definition) is 0. The minimum absolute atomic E-state index is 0.0613. The van der Waals surface area contributed by atoms with Gasteiger partial charge < -0.3 is 14.2 Å². The van der Waals surface area contributed by atoms with Gasteiger partial charge in [0.25, 0.3) is 0 Å². The Balaban J connectivity index is 0.702. The van der Waals surface area contributed by atoms with E-state index in [2.05, 4.69) is 72.7 Å². The third-order valence-electron chi connectivity index (χ3n) is 23.5. The van der Waals surface area contributed by atoms with Crippen LogP contribution < -0.4 is 14.2 Å². The van der Waals surface area contributed by atoms with Gasteiger partial charge >= 0.3 is 0 Å². The number of Topliss-reactive ketones (excluding diaryl/α,β-unsaturated/α-hetero) is 3. The van der Waals surface area contributed by atoms with E-state index in [0.717, 1.165) is 176 Å². The minimum atomic E-state index is -0.123. The number of ketones is 3. The third-order valence-corrected chi connectivity index (χ3v) is 23.5. The van der Waals surface area contributed by atoms with Crippen LogP contribution in [0.3, 0.4) is 0 Å². The molecule has 0 spiro atoms. The number of methoxy groups -OCH3 is 3. The van der Waals surface area contributed by atoms with Gasteiger partial charge in [0.05, 0.1) is 58.8 Å². The number of hydrogen-bond acceptors (Lipinski definition) is 12. The largest absolute Gasteiger partial charge is 0.496 e. The van der Waals surface area contributed by atoms with Gasteiger partial charge in [-0.15, -0.1) is 0 Å². The summed E-state index contributed by atoms with van der Waals surface area (Å²) in [5, 5.41) is 34.8. The lowest BCUT2D eigenvalue weighted by Crippen LogP contribution is -2.54. The molecule has 6 aromatic carbocycles. The molecule has 3 aliphatic carbocycles. The first-order valence-electron chi connectivity index (χ1n) is 34.9. The van der Waals surface area contributed by atoms with Crippen LogP contribution in [0.1, 0.15) is 165 Å². The fourth-order valence-electron chi connectivity index (χ4n) is 18.4. The fraction of sp³-hybridized carbons (Fsp3) is 0.550. The average molecular weight is 1240 g/mol. The third kappa shape index (κ3) is 13.5. The van der Waals surface area contributed by atoms with Crippen LogP contribution in [0, 0.1) is 99.1 Å². The number of likely N-dealkylation sites (tertiary alicyclic amines) is 3. The molecule has 12 rings (SSSR count). The van der Waals surface area contributed by atoms with E-state index in [4.69, 9.17) is 14.2 Å². The topological polar surface area (TPSA) is 160 Å². The second kappa shape index (κ2) is 28.6. The molecule has 2 unspecified atom stereocenters. The van der Waals surface area contributed by atoms with Gasteiger partial charge in [-0.1, -0.05) is 88.7 Å². The Morgan fingerprint density at radius 3 is 1.26 bits per heavy atom. The molecule has 6 aromatic rings. The SMILES string of the molecule is COc1ccc2cc(C(=O)[C@H]3CN(C4CC(CC(C)[C@H]5CCN(C6CCC6)C[C@H]5C(=O)c5ccc6c(CC#N)c(OC)ccc6c5)C4)CC[C@H]3CC(C)CC3CC(N4CC[C@H](CC(C)C)[C@H](C(=O)c5ccc6c(CC#N)c(OC)ccc6c5)C4)C3)ccc2c1CC#N. The molecule has 0 bridgehead atoms. The van der Waals surface area contributed by atoms with Crippen LogP contribution in [0.4, 0.5) is 0 Å². The number of ether oxygens (including phenoxy) is 3. The number of nitriles is 3. The Hall–Kier alpha value is -7.14. The number of nitrogens with zero attached hydrogens (tertiary/aromatic N) is 6. The van der Waals surface area contributed by atoms with Gasteiger partial charge in [0.2, 0.25) is 0 Å². The van der Waals surface area contributed by atoms with Crippen LogP contribution in [0.2, 0.25) is 0 Å². The maximum Gasteiger partial charge on any atom is 0.167 e. The van der Waals surface area contributed by atoms with E-state index < -0.39 is 0 Å². The van der Waals surface area contributed by atoms with Crippen LogP contribution in [-0.2, 0) is 19.3 Å². The first-order chi connectivity index (χ1) is 44.7. The molecule has 12 heteroatoms. The molecular formula is C80H96N6O6. The van der Waals surface area contributed by atoms with E-state index in [0.29, 0.717) is 76.8 Å². The molecule has 12 nitrogen and oxygen atoms in total. The van der Waals surface area contributed by atoms with Crippen LogP contribution in [0.25, 0.3) is 32.3 Å². The molecular weight excluding hydrogens is 1140 g/mol. The maximum atomic E-state index is 15.3. The number of carbonyl (C=O) groups is 3. The van der Waals surface area contributed by atoms with Crippen molar-refractivity contribution in [3.05, 3.63) is 124 Å². The van der Waals surface area contributed by atoms with Crippen molar-refractivity contribution in [2.24, 2.45) is 65.1 Å². The Morgan fingerprint density at radius 1 is 0.467 bits per heavy atom. The first-order valence-corrected chi connectivity index (χ1v) is 34.9. The monoisotopic (exact) mass is 1240 g/mol. The molecule has 3 heterocycles. The van der Waals surface area contributed by atoms with Crippen molar-refractivity contribution in [3.63, 3.8) is 0 Å². The van der Waals surface area contributed by atoms with E-state index >= 15 is 4.79 Å². The second-order valence-corrected chi connectivity index (χ2v) is 29.5. The molecule has 0 amide bonds. The number of rotatable bonds is 24. The van der Waals surface area contributed by atoms with Crippen molar-refractivity contribution in [2.45, 2.75) is 155 Å². The molecule has 8 atom stereocenters. The maximum absolute atomic E-state index is 15.3. The number of piperidine rings is 3. The van der Waals surface area contributed by atoms with Gasteiger partial charge in [0, 0.05) is 88.9 Å². The van der Waals surface area contributed by atoms with E-state index in [1.807, 2.05) is 78.9 Å². The summed E-state index contributed by atoms with van der Waals surface area (Å²) < 4.78 is 16.9. The second-order valence-electron chi connectivity index (χ2n) is 29.5. The summed E-state index contributed by atoms with van der Waals surface area (Å²) in [6.45, 7) is 14.9. The average Bonchev–Trinajstić information content (AvgIpc) is 1.04. The minimum Gasteiger partial charge on any atom is -0.496 e. The molecule has 6 aliphatic rings. The summed E-state index contributed by atoms with van der Waals surface area (Å²) in [4.78, 5) is 52.9. The normalized spacial score (nSPS) is 26.2. The quantitative estimate of drug-likeness (QED) is 0.0529. The smallest absolute Gasteiger partial charge is 0.167 e. The number of benzene rings is 6. The lowest BCUT2D eigenvalue weighted by Gasteiger charge is -2.50. The van der Waals surface area contributed by atoms with Crippen LogP contribution in [-0.4, -0.2) is 111 Å². The summed E-state index contributed by atoms with van der Waals surface area (Å²) >= 11 is 0. The van der Waals surface area contributed by atoms with Gasteiger partial charge in [-0.25, -0.2) is 0 Å². The summed E-state index contributed by atoms with van der Waals surface area (Å²) in [6.07, 6.45) is 16.4. The predicted molar refractivity (Wildman–Crippen MR) is 364 cm³/mol. The van der Waals surface area contributed by atoms with Gasteiger partial charge in [-0.2, -0.15) is 15.8 Å². The molecule has 0 N–H and O–H groups in total. The van der Waals surface area contributed by atoms with Crippen molar-refractivity contribution in [2.75, 3.05) is 60.6 Å². The molecule has 0 aromatic heterocycles. The summed E-state index contributed by atoms with van der Waals surface area (Å²) in [5.74, 6) is 6.07. The predicted octanol–water partition coefficient (Wildman–Crippen LogP) is 15.7. The highest BCUT2D eigenvalue weighted by atomic mass is 16.5. The molecule has 6 fully saturated rings. The van der Waals surface area contributed by atoms with E-state index in [1.165, 1.54) is 19.3 Å². The van der Waals surface area contributed by atoms with Crippen molar-refractivity contribution >= 4 is 49.7 Å². The van der Waals surface area contributed by atoms with E-state index in [-0.39, 0.29) is 60.3 Å². The zero-order valence-corrected chi connectivity index (χ0v) is 55.6. The Labute approximate surface area is 546 Å². The lowest BCUT2D eigenvalue weighted by molar-refractivity contribution is -0.00332. The van der Waals surface area contributed by atoms with Crippen molar-refractivity contribution in [1.82, 2.24) is 14.7 Å². The van der Waals surface area contributed by atoms with Crippen LogP contribution in [0.5, 0.6) is 17.2 Å². The fourth-order valence-corrected chi connectivity index (χ4v) is 18.4. The zero-order valence-electron chi connectivity index (χ0n) is 55.6. The van der Waals surface area contributed by atoms with Crippen molar-refractivity contribution in [3.8, 4) is 35.5 Å². The molecule has 3 saturated heterocycles. The number of fused-ring (bicyclic) bond motifs is 3. The standard InChI is InChI=1S/C80H96N6O6/c1-49(2)35-57-26-32-85(46-72(57)78(87)59-11-17-66-54(43-59)14-20-75(90-5)69(66)23-29-81)63-39-52(40-63)36-50(3)37-58-27-33-86(47-73(58)79(88)60-12-18-67-55(44-60)15-21-76(91-6)70(67)24-30-82)64-41-53(42-64)38-51(4)65-28-34-84(62-9-8-10-62)48-74(65)80(89)61-13-19-68-56(45-61)16-22-77(92-7)71(68)25-31-83/h11-22,43-45,49-53,57-58,62-65,72-74H,8-10,23-28,32-42,46-48H2,1-7H3/t50?,51?,52?,53?,57-,58+,63?,64?,65-,72-,73+,74-/m1/s1. The van der Waals surface area contributed by atoms with E-state index in [9.17, 15) is 25.4 Å². The summed E-state index contributed by atoms with van der Waals surface area (Å²) in [7, 11) is 4.91. The van der Waals surface area contributed by atoms with Crippen LogP contribution >= 0.6 is 0 Å². The molecule has 0 radical (unpaired) electrons. The first kappa shape index (κ1) is 64.9. The van der Waals surface area contributed by atoms with Crippen molar-refractivity contribution < 1.29 is 28.6 Å². The van der Waals surface area contributed by atoms with Crippen molar-refractivity contribution in [1.29, 1.82) is 15.8 Å². The number of carbonyl (C=O) groups excluding carboxylic acids is 3. The van der Waals surface area contributed by atoms with Gasteiger partial charge in [0.15, 0.2) is 17.3 Å². The Morgan fingerprint density at radius 2 is 0.859 bits per heavy atom. The highest BCUT2D eigenvalue weighted by Crippen LogP contribution is 2.47. The lowest BCUT2D eigenvalue weighted by atomic mass is 9.66. The van der Waals surface area contributed by atoms with Gasteiger partial charge in [-0.3, -0.25) is 29.1 Å². The van der Waals surface area contributed by atoms with Crippen LogP contribution in [0.15, 0.2) is 91.0 Å². The zero-order chi connectivity index (χ0) is 64.3. The molecule has 92 heavy (non-hydrogen) atoms. The highest BCUT2D eigenvalue weighted by Gasteiger charge is 2.46. The molecule has 3 saturated carbocycles. The highest BCUT2D eigenvalue weighted by molar-refractivity contribution is 6.04. The molecule has 3 aliphatic heterocycles. The summed E-state index contributed by atoms with van der Waals surface area (Å²) in [6, 6.07) is 38.4. The Kier molecular flexibility index (Phi) is 20.2. The van der Waals surface area contributed by atoms with Gasteiger partial charge in [0.1, 0.15) is 17.2 Å². The van der Waals surface area contributed by atoms with Gasteiger partial charge in [-0.05, 0) is 219 Å². The Bertz CT molecular complexity index is 3820. The summed E-state index contributed by atoms with van der Waals surface area (Å²) in [5.41, 5.74) is 4.85.